The molecule has 2 heterocycles. The standard InChI is InChI=1S/C16H27N3/c1-13-14(12-17-4)6-7-15(18-13)19-10-5-8-16(2,3)9-11-19/h6-7,17H,5,8-12H2,1-4H3. The maximum Gasteiger partial charge on any atom is 0.128 e. The van der Waals surface area contributed by atoms with Crippen molar-refractivity contribution in [1.29, 1.82) is 0 Å². The second-order valence-electron chi connectivity index (χ2n) is 6.45. The number of hydrogen-bond donors (Lipinski definition) is 1. The third-order valence-corrected chi connectivity index (χ3v) is 4.21. The van der Waals surface area contributed by atoms with Crippen LogP contribution in [0.25, 0.3) is 0 Å². The van der Waals surface area contributed by atoms with Gasteiger partial charge in [0.15, 0.2) is 0 Å². The molecular weight excluding hydrogens is 234 g/mol. The van der Waals surface area contributed by atoms with Crippen molar-refractivity contribution in [2.24, 2.45) is 5.41 Å². The first-order valence-electron chi connectivity index (χ1n) is 7.38. The van der Waals surface area contributed by atoms with Crippen molar-refractivity contribution in [3.05, 3.63) is 23.4 Å². The van der Waals surface area contributed by atoms with Crippen LogP contribution in [0, 0.1) is 12.3 Å². The lowest BCUT2D eigenvalue weighted by Gasteiger charge is -2.24. The van der Waals surface area contributed by atoms with E-state index < -0.39 is 0 Å². The van der Waals surface area contributed by atoms with E-state index in [1.807, 2.05) is 7.05 Å². The first-order chi connectivity index (χ1) is 9.02. The fraction of sp³-hybridized carbons (Fsp3) is 0.688. The van der Waals surface area contributed by atoms with E-state index in [9.17, 15) is 0 Å². The molecule has 0 unspecified atom stereocenters. The Morgan fingerprint density at radius 2 is 2.05 bits per heavy atom. The molecule has 0 amide bonds. The Labute approximate surface area is 117 Å². The smallest absolute Gasteiger partial charge is 0.128 e. The van der Waals surface area contributed by atoms with E-state index in [1.165, 1.54) is 24.8 Å². The van der Waals surface area contributed by atoms with Crippen LogP contribution in [0.1, 0.15) is 44.4 Å². The van der Waals surface area contributed by atoms with Crippen LogP contribution in [-0.4, -0.2) is 25.1 Å². The van der Waals surface area contributed by atoms with Gasteiger partial charge in [-0.15, -0.1) is 0 Å². The predicted molar refractivity (Wildman–Crippen MR) is 81.6 cm³/mol. The van der Waals surface area contributed by atoms with Gasteiger partial charge >= 0.3 is 0 Å². The average Bonchev–Trinajstić information content (AvgIpc) is 2.53. The maximum atomic E-state index is 4.79. The third-order valence-electron chi connectivity index (χ3n) is 4.21. The molecule has 19 heavy (non-hydrogen) atoms. The predicted octanol–water partition coefficient (Wildman–Crippen LogP) is 3.13. The summed E-state index contributed by atoms with van der Waals surface area (Å²) in [6.45, 7) is 10.0. The summed E-state index contributed by atoms with van der Waals surface area (Å²) in [6.07, 6.45) is 3.85. The van der Waals surface area contributed by atoms with Crippen molar-refractivity contribution in [2.75, 3.05) is 25.0 Å². The van der Waals surface area contributed by atoms with Crippen molar-refractivity contribution in [2.45, 2.75) is 46.6 Å². The third kappa shape index (κ3) is 3.69. The van der Waals surface area contributed by atoms with E-state index in [0.717, 1.165) is 31.1 Å². The molecular formula is C16H27N3. The van der Waals surface area contributed by atoms with Crippen molar-refractivity contribution >= 4 is 5.82 Å². The SMILES string of the molecule is CNCc1ccc(N2CCCC(C)(C)CC2)nc1C. The first-order valence-corrected chi connectivity index (χ1v) is 7.38. The largest absolute Gasteiger partial charge is 0.357 e. The molecule has 0 bridgehead atoms. The minimum Gasteiger partial charge on any atom is -0.357 e. The Bertz CT molecular complexity index is 426. The van der Waals surface area contributed by atoms with E-state index in [-0.39, 0.29) is 0 Å². The van der Waals surface area contributed by atoms with Gasteiger partial charge in [0.25, 0.3) is 0 Å². The quantitative estimate of drug-likeness (QED) is 0.906. The molecule has 0 aromatic carbocycles. The van der Waals surface area contributed by atoms with Gasteiger partial charge in [0, 0.05) is 25.3 Å². The molecule has 2 rings (SSSR count). The number of rotatable bonds is 3. The molecule has 1 N–H and O–H groups in total. The first kappa shape index (κ1) is 14.3. The van der Waals surface area contributed by atoms with Crippen LogP contribution in [0.5, 0.6) is 0 Å². The second kappa shape index (κ2) is 5.91. The van der Waals surface area contributed by atoms with Gasteiger partial charge in [-0.05, 0) is 50.3 Å². The highest BCUT2D eigenvalue weighted by Crippen LogP contribution is 2.31. The molecule has 3 nitrogen and oxygen atoms in total. The summed E-state index contributed by atoms with van der Waals surface area (Å²) in [5, 5.41) is 3.19. The van der Waals surface area contributed by atoms with Gasteiger partial charge in [0.1, 0.15) is 5.82 Å². The minimum atomic E-state index is 0.482. The van der Waals surface area contributed by atoms with E-state index in [2.05, 4.69) is 43.1 Å². The average molecular weight is 261 g/mol. The molecule has 0 aliphatic carbocycles. The van der Waals surface area contributed by atoms with Crippen LogP contribution in [0.2, 0.25) is 0 Å². The number of anilines is 1. The van der Waals surface area contributed by atoms with Crippen LogP contribution in [-0.2, 0) is 6.54 Å². The number of hydrogen-bond acceptors (Lipinski definition) is 3. The molecule has 0 saturated carbocycles. The van der Waals surface area contributed by atoms with Crippen LogP contribution in [0.3, 0.4) is 0 Å². The number of aryl methyl sites for hydroxylation is 1. The summed E-state index contributed by atoms with van der Waals surface area (Å²) in [5.41, 5.74) is 2.92. The van der Waals surface area contributed by atoms with Gasteiger partial charge in [0.05, 0.1) is 0 Å². The van der Waals surface area contributed by atoms with Crippen molar-refractivity contribution in [1.82, 2.24) is 10.3 Å². The summed E-state index contributed by atoms with van der Waals surface area (Å²) >= 11 is 0. The topological polar surface area (TPSA) is 28.2 Å². The van der Waals surface area contributed by atoms with E-state index in [0.29, 0.717) is 5.41 Å². The molecule has 0 atom stereocenters. The highest BCUT2D eigenvalue weighted by atomic mass is 15.2. The lowest BCUT2D eigenvalue weighted by atomic mass is 9.85. The Kier molecular flexibility index (Phi) is 4.46. The number of nitrogens with one attached hydrogen (secondary N) is 1. The molecule has 1 aliphatic heterocycles. The zero-order chi connectivity index (χ0) is 13.9. The van der Waals surface area contributed by atoms with Crippen molar-refractivity contribution < 1.29 is 0 Å². The molecule has 1 saturated heterocycles. The van der Waals surface area contributed by atoms with Crippen molar-refractivity contribution in [3.8, 4) is 0 Å². The summed E-state index contributed by atoms with van der Waals surface area (Å²) in [6, 6.07) is 4.39. The number of pyridine rings is 1. The van der Waals surface area contributed by atoms with Gasteiger partial charge in [-0.2, -0.15) is 0 Å². The van der Waals surface area contributed by atoms with Gasteiger partial charge in [0.2, 0.25) is 0 Å². The Morgan fingerprint density at radius 3 is 2.74 bits per heavy atom. The Hall–Kier alpha value is -1.09. The van der Waals surface area contributed by atoms with Crippen LogP contribution >= 0.6 is 0 Å². The van der Waals surface area contributed by atoms with Crippen LogP contribution < -0.4 is 10.2 Å². The highest BCUT2D eigenvalue weighted by Gasteiger charge is 2.23. The van der Waals surface area contributed by atoms with Crippen molar-refractivity contribution in [3.63, 3.8) is 0 Å². The normalized spacial score (nSPS) is 19.3. The van der Waals surface area contributed by atoms with E-state index in [1.54, 1.807) is 0 Å². The lowest BCUT2D eigenvalue weighted by Crippen LogP contribution is -2.26. The maximum absolute atomic E-state index is 4.79. The summed E-state index contributed by atoms with van der Waals surface area (Å²) < 4.78 is 0. The van der Waals surface area contributed by atoms with E-state index in [4.69, 9.17) is 4.98 Å². The number of aromatic nitrogens is 1. The van der Waals surface area contributed by atoms with Gasteiger partial charge in [-0.1, -0.05) is 19.9 Å². The zero-order valence-corrected chi connectivity index (χ0v) is 12.8. The van der Waals surface area contributed by atoms with Crippen LogP contribution in [0.4, 0.5) is 5.82 Å². The molecule has 3 heteroatoms. The van der Waals surface area contributed by atoms with Gasteiger partial charge < -0.3 is 10.2 Å². The van der Waals surface area contributed by atoms with Gasteiger partial charge in [-0.3, -0.25) is 0 Å². The fourth-order valence-corrected chi connectivity index (χ4v) is 2.78. The monoisotopic (exact) mass is 261 g/mol. The summed E-state index contributed by atoms with van der Waals surface area (Å²) in [7, 11) is 1.98. The summed E-state index contributed by atoms with van der Waals surface area (Å²) in [5.74, 6) is 1.15. The Balaban J connectivity index is 2.11. The van der Waals surface area contributed by atoms with Gasteiger partial charge in [-0.25, -0.2) is 4.98 Å². The lowest BCUT2D eigenvalue weighted by molar-refractivity contribution is 0.325. The minimum absolute atomic E-state index is 0.482. The molecule has 0 radical (unpaired) electrons. The second-order valence-corrected chi connectivity index (χ2v) is 6.45. The highest BCUT2D eigenvalue weighted by molar-refractivity contribution is 5.41. The van der Waals surface area contributed by atoms with E-state index >= 15 is 0 Å². The molecule has 1 aromatic rings. The molecule has 0 spiro atoms. The molecule has 106 valence electrons. The zero-order valence-electron chi connectivity index (χ0n) is 12.8. The van der Waals surface area contributed by atoms with Crippen LogP contribution in [0.15, 0.2) is 12.1 Å². The Morgan fingerprint density at radius 1 is 1.26 bits per heavy atom. The molecule has 1 aromatic heterocycles. The molecule has 1 fully saturated rings. The number of nitrogens with zero attached hydrogens (tertiary/aromatic N) is 2. The fourth-order valence-electron chi connectivity index (χ4n) is 2.78. The molecule has 1 aliphatic rings. The summed E-state index contributed by atoms with van der Waals surface area (Å²) in [4.78, 5) is 7.24.